The number of nitrogens with zero attached hydrogens (tertiary/aromatic N) is 3. The number of anilines is 1. The highest BCUT2D eigenvalue weighted by molar-refractivity contribution is 6.30. The molecule has 1 aliphatic carbocycles. The van der Waals surface area contributed by atoms with E-state index in [4.69, 9.17) is 11.6 Å². The molecular weight excluding hydrogens is 428 g/mol. The number of imide groups is 1. The number of nitrogens with one attached hydrogen (secondary N) is 1. The van der Waals surface area contributed by atoms with Gasteiger partial charge in [-0.2, -0.15) is 0 Å². The Hall–Kier alpha value is -2.28. The van der Waals surface area contributed by atoms with E-state index in [9.17, 15) is 14.4 Å². The maximum atomic E-state index is 13.2. The van der Waals surface area contributed by atoms with E-state index in [0.717, 1.165) is 43.1 Å². The summed E-state index contributed by atoms with van der Waals surface area (Å²) < 4.78 is 0. The second-order valence-electron chi connectivity index (χ2n) is 9.16. The molecule has 0 spiro atoms. The van der Waals surface area contributed by atoms with Gasteiger partial charge in [-0.1, -0.05) is 31.4 Å². The van der Waals surface area contributed by atoms with E-state index >= 15 is 0 Å². The van der Waals surface area contributed by atoms with Crippen LogP contribution in [0.5, 0.6) is 0 Å². The van der Waals surface area contributed by atoms with Gasteiger partial charge in [0.25, 0.3) is 0 Å². The molecule has 32 heavy (non-hydrogen) atoms. The molecule has 1 aromatic carbocycles. The van der Waals surface area contributed by atoms with E-state index in [0.29, 0.717) is 38.9 Å². The summed E-state index contributed by atoms with van der Waals surface area (Å²) in [7, 11) is 0. The SMILES string of the molecule is CCCCCN1C(=O)NC2CC(C(=O)N3CCN(c4ccc(Cl)cc4)CC3)CCC2C1=O. The van der Waals surface area contributed by atoms with Crippen LogP contribution in [0.2, 0.25) is 5.02 Å². The van der Waals surface area contributed by atoms with Gasteiger partial charge in [0.15, 0.2) is 0 Å². The quantitative estimate of drug-likeness (QED) is 0.659. The van der Waals surface area contributed by atoms with Gasteiger partial charge in [-0.15, -0.1) is 0 Å². The third-order valence-corrected chi connectivity index (χ3v) is 7.36. The normalized spacial score (nSPS) is 26.1. The minimum Gasteiger partial charge on any atom is -0.368 e. The Morgan fingerprint density at radius 3 is 2.47 bits per heavy atom. The molecule has 0 radical (unpaired) electrons. The smallest absolute Gasteiger partial charge is 0.324 e. The van der Waals surface area contributed by atoms with Crippen LogP contribution in [0.25, 0.3) is 0 Å². The fourth-order valence-electron chi connectivity index (χ4n) is 5.21. The lowest BCUT2D eigenvalue weighted by Crippen LogP contribution is -2.62. The molecule has 1 aromatic rings. The summed E-state index contributed by atoms with van der Waals surface area (Å²) in [6, 6.07) is 7.27. The number of urea groups is 1. The van der Waals surface area contributed by atoms with Crippen LogP contribution < -0.4 is 10.2 Å². The van der Waals surface area contributed by atoms with Crippen LogP contribution in [0.15, 0.2) is 24.3 Å². The molecule has 2 heterocycles. The van der Waals surface area contributed by atoms with Crippen LogP contribution in [0.1, 0.15) is 45.4 Å². The molecule has 4 rings (SSSR count). The molecule has 3 fully saturated rings. The number of fused-ring (bicyclic) bond motifs is 1. The number of carbonyl (C=O) groups excluding carboxylic acids is 3. The predicted octanol–water partition coefficient (Wildman–Crippen LogP) is 3.52. The first-order valence-corrected chi connectivity index (χ1v) is 12.3. The van der Waals surface area contributed by atoms with Crippen molar-refractivity contribution in [2.75, 3.05) is 37.6 Å². The van der Waals surface area contributed by atoms with E-state index in [2.05, 4.69) is 17.1 Å². The van der Waals surface area contributed by atoms with E-state index in [1.165, 1.54) is 4.90 Å². The van der Waals surface area contributed by atoms with Crippen molar-refractivity contribution in [2.45, 2.75) is 51.5 Å². The predicted molar refractivity (Wildman–Crippen MR) is 125 cm³/mol. The largest absolute Gasteiger partial charge is 0.368 e. The summed E-state index contributed by atoms with van der Waals surface area (Å²) in [5.41, 5.74) is 1.12. The number of benzene rings is 1. The number of hydrogen-bond donors (Lipinski definition) is 1. The Kier molecular flexibility index (Phi) is 7.23. The Balaban J connectivity index is 1.30. The van der Waals surface area contributed by atoms with Crippen LogP contribution in [-0.2, 0) is 9.59 Å². The molecule has 3 atom stereocenters. The number of piperazine rings is 1. The summed E-state index contributed by atoms with van der Waals surface area (Å²) in [4.78, 5) is 44.2. The maximum absolute atomic E-state index is 13.2. The van der Waals surface area contributed by atoms with Gasteiger partial charge in [-0.05, 0) is 49.9 Å². The number of hydrogen-bond acceptors (Lipinski definition) is 4. The van der Waals surface area contributed by atoms with Crippen LogP contribution >= 0.6 is 11.6 Å². The fourth-order valence-corrected chi connectivity index (χ4v) is 5.34. The van der Waals surface area contributed by atoms with Gasteiger partial charge in [0.05, 0.1) is 5.92 Å². The molecule has 4 amide bonds. The Morgan fingerprint density at radius 1 is 1.06 bits per heavy atom. The Labute approximate surface area is 195 Å². The van der Waals surface area contributed by atoms with E-state index < -0.39 is 0 Å². The van der Waals surface area contributed by atoms with E-state index in [1.54, 1.807) is 0 Å². The summed E-state index contributed by atoms with van der Waals surface area (Å²) in [5, 5.41) is 3.74. The molecular formula is C24H33ClN4O3. The first kappa shape index (κ1) is 22.9. The molecule has 3 unspecified atom stereocenters. The van der Waals surface area contributed by atoms with Crippen molar-refractivity contribution in [2.24, 2.45) is 11.8 Å². The molecule has 0 bridgehead atoms. The van der Waals surface area contributed by atoms with Gasteiger partial charge < -0.3 is 15.1 Å². The summed E-state index contributed by atoms with van der Waals surface area (Å²) in [6.07, 6.45) is 4.83. The topological polar surface area (TPSA) is 73.0 Å². The van der Waals surface area contributed by atoms with E-state index in [-0.39, 0.29) is 35.7 Å². The number of carbonyl (C=O) groups is 3. The third-order valence-electron chi connectivity index (χ3n) is 7.11. The molecule has 8 heteroatoms. The van der Waals surface area contributed by atoms with Crippen LogP contribution in [0.4, 0.5) is 10.5 Å². The Morgan fingerprint density at radius 2 is 1.78 bits per heavy atom. The van der Waals surface area contributed by atoms with E-state index in [1.807, 2.05) is 29.2 Å². The van der Waals surface area contributed by atoms with Gasteiger partial charge in [-0.25, -0.2) is 4.79 Å². The zero-order chi connectivity index (χ0) is 22.7. The van der Waals surface area contributed by atoms with Crippen molar-refractivity contribution >= 4 is 35.1 Å². The zero-order valence-corrected chi connectivity index (χ0v) is 19.5. The minimum absolute atomic E-state index is 0.0580. The second kappa shape index (κ2) is 10.1. The average Bonchev–Trinajstić information content (AvgIpc) is 2.81. The first-order valence-electron chi connectivity index (χ1n) is 11.9. The fraction of sp³-hybridized carbons (Fsp3) is 0.625. The van der Waals surface area contributed by atoms with Crippen molar-refractivity contribution < 1.29 is 14.4 Å². The Bertz CT molecular complexity index is 838. The highest BCUT2D eigenvalue weighted by atomic mass is 35.5. The van der Waals surface area contributed by atoms with Gasteiger partial charge in [0.2, 0.25) is 11.8 Å². The first-order chi connectivity index (χ1) is 15.5. The van der Waals surface area contributed by atoms with Crippen molar-refractivity contribution in [3.63, 3.8) is 0 Å². The second-order valence-corrected chi connectivity index (χ2v) is 9.59. The number of rotatable bonds is 6. The number of unbranched alkanes of at least 4 members (excludes halogenated alkanes) is 2. The zero-order valence-electron chi connectivity index (χ0n) is 18.8. The van der Waals surface area contributed by atoms with Gasteiger partial charge >= 0.3 is 6.03 Å². The molecule has 7 nitrogen and oxygen atoms in total. The highest BCUT2D eigenvalue weighted by Gasteiger charge is 2.45. The monoisotopic (exact) mass is 460 g/mol. The molecule has 0 aromatic heterocycles. The molecule has 2 aliphatic heterocycles. The lowest BCUT2D eigenvalue weighted by Gasteiger charge is -2.43. The van der Waals surface area contributed by atoms with Crippen LogP contribution in [0.3, 0.4) is 0 Å². The number of amides is 4. The standard InChI is InChI=1S/C24H33ClN4O3/c1-2-3-4-11-29-23(31)20-10-5-17(16-21(20)26-24(29)32)22(30)28-14-12-27(13-15-28)19-8-6-18(25)7-9-19/h6-9,17,20-21H,2-5,10-16H2,1H3,(H,26,32). The lowest BCUT2D eigenvalue weighted by atomic mass is 9.76. The molecule has 3 aliphatic rings. The third kappa shape index (κ3) is 4.87. The summed E-state index contributed by atoms with van der Waals surface area (Å²) >= 11 is 5.98. The van der Waals surface area contributed by atoms with Crippen LogP contribution in [0, 0.1) is 11.8 Å². The van der Waals surface area contributed by atoms with Crippen LogP contribution in [-0.4, -0.2) is 66.4 Å². The van der Waals surface area contributed by atoms with Crippen molar-refractivity contribution in [3.05, 3.63) is 29.3 Å². The van der Waals surface area contributed by atoms with Gasteiger partial charge in [0, 0.05) is 55.4 Å². The van der Waals surface area contributed by atoms with Crippen molar-refractivity contribution in [3.8, 4) is 0 Å². The summed E-state index contributed by atoms with van der Waals surface area (Å²) in [6.45, 7) is 5.53. The molecule has 1 saturated carbocycles. The number of halogens is 1. The summed E-state index contributed by atoms with van der Waals surface area (Å²) in [5.74, 6) is -0.221. The minimum atomic E-state index is -0.294. The van der Waals surface area contributed by atoms with Crippen molar-refractivity contribution in [1.82, 2.24) is 15.1 Å². The van der Waals surface area contributed by atoms with Gasteiger partial charge in [0.1, 0.15) is 0 Å². The molecule has 1 N–H and O–H groups in total. The van der Waals surface area contributed by atoms with Crippen molar-refractivity contribution in [1.29, 1.82) is 0 Å². The molecule has 2 saturated heterocycles. The lowest BCUT2D eigenvalue weighted by molar-refractivity contribution is -0.142. The highest BCUT2D eigenvalue weighted by Crippen LogP contribution is 2.34. The van der Waals surface area contributed by atoms with Gasteiger partial charge in [-0.3, -0.25) is 14.5 Å². The maximum Gasteiger partial charge on any atom is 0.324 e. The molecule has 174 valence electrons. The average molecular weight is 461 g/mol.